The van der Waals surface area contributed by atoms with Crippen molar-refractivity contribution in [2.45, 2.75) is 142 Å². The third-order valence-corrected chi connectivity index (χ3v) is 14.2. The van der Waals surface area contributed by atoms with Crippen LogP contribution in [-0.4, -0.2) is 34.7 Å². The third-order valence-electron chi connectivity index (χ3n) is 11.9. The van der Waals surface area contributed by atoms with E-state index < -0.39 is 0 Å². The van der Waals surface area contributed by atoms with Gasteiger partial charge in [-0.3, -0.25) is 9.59 Å². The SMILES string of the molecule is CCCCCCCCCCCCN1C(=O)C2=C(c3ccc(-c4ccc(C#N)cc4)s3)N(CCCCCCCCCCCC)C(=O)C2=C1c1ccc(-c2ccc(C#N)cc2)s1. The molecule has 60 heavy (non-hydrogen) atoms. The Kier molecular flexibility index (Phi) is 17.4. The van der Waals surface area contributed by atoms with E-state index in [1.807, 2.05) is 58.3 Å². The molecule has 0 bridgehead atoms. The van der Waals surface area contributed by atoms with Crippen LogP contribution in [0.1, 0.15) is 163 Å². The summed E-state index contributed by atoms with van der Waals surface area (Å²) in [6.07, 6.45) is 24.2. The van der Waals surface area contributed by atoms with E-state index in [0.717, 1.165) is 80.6 Å². The minimum atomic E-state index is -0.0773. The highest BCUT2D eigenvalue weighted by Crippen LogP contribution is 2.50. The number of rotatable bonds is 26. The maximum Gasteiger partial charge on any atom is 0.261 e. The molecule has 2 aromatic heterocycles. The van der Waals surface area contributed by atoms with Gasteiger partial charge in [-0.25, -0.2) is 0 Å². The number of hydrogen-bond acceptors (Lipinski definition) is 6. The maximum atomic E-state index is 15.0. The molecule has 0 radical (unpaired) electrons. The highest BCUT2D eigenvalue weighted by atomic mass is 32.1. The number of fused-ring (bicyclic) bond motifs is 1. The van der Waals surface area contributed by atoms with Gasteiger partial charge in [-0.15, -0.1) is 22.7 Å². The first-order valence-electron chi connectivity index (χ1n) is 22.8. The Bertz CT molecular complexity index is 2020. The molecule has 0 N–H and O–H groups in total. The largest absolute Gasteiger partial charge is 0.306 e. The second kappa shape index (κ2) is 23.3. The van der Waals surface area contributed by atoms with Crippen LogP contribution in [0.2, 0.25) is 0 Å². The minimum absolute atomic E-state index is 0.0773. The molecular weight excluding hydrogens is 777 g/mol. The number of benzene rings is 2. The molecule has 8 heteroatoms. The van der Waals surface area contributed by atoms with Crippen LogP contribution in [0.25, 0.3) is 32.3 Å². The van der Waals surface area contributed by atoms with Crippen LogP contribution in [0, 0.1) is 22.7 Å². The normalized spacial score (nSPS) is 13.8. The standard InChI is InChI=1S/C52H62N4O2S2/c1-3-5-7-9-11-13-15-17-19-21-35-55-49(45-33-31-43(59-45)41-27-23-39(37-53)24-28-41)47-48(51(55)57)50(46-34-32-44(60-46)42-29-25-40(38-54)26-30-42)56(52(47)58)36-22-20-18-16-14-12-10-8-6-4-2/h23-34H,3-22,35-36H2,1-2H3. The fourth-order valence-electron chi connectivity index (χ4n) is 8.51. The van der Waals surface area contributed by atoms with Gasteiger partial charge in [-0.2, -0.15) is 10.5 Å². The lowest BCUT2D eigenvalue weighted by Crippen LogP contribution is -2.30. The van der Waals surface area contributed by atoms with Crippen molar-refractivity contribution in [1.82, 2.24) is 9.80 Å². The molecule has 2 aromatic carbocycles. The fourth-order valence-corrected chi connectivity index (χ4v) is 10.7. The molecule has 0 unspecified atom stereocenters. The number of carbonyl (C=O) groups is 2. The van der Waals surface area contributed by atoms with Crippen molar-refractivity contribution in [3.05, 3.63) is 105 Å². The number of thiophene rings is 2. The first kappa shape index (κ1) is 44.8. The van der Waals surface area contributed by atoms with Crippen LogP contribution >= 0.6 is 22.7 Å². The van der Waals surface area contributed by atoms with Crippen molar-refractivity contribution in [2.24, 2.45) is 0 Å². The van der Waals surface area contributed by atoms with Gasteiger partial charge >= 0.3 is 0 Å². The van der Waals surface area contributed by atoms with E-state index >= 15 is 0 Å². The second-order valence-electron chi connectivity index (χ2n) is 16.4. The summed E-state index contributed by atoms with van der Waals surface area (Å²) in [7, 11) is 0. The monoisotopic (exact) mass is 838 g/mol. The van der Waals surface area contributed by atoms with E-state index in [1.165, 1.54) is 89.9 Å². The Balaban J connectivity index is 1.29. The second-order valence-corrected chi connectivity index (χ2v) is 18.6. The predicted molar refractivity (Wildman–Crippen MR) is 250 cm³/mol. The zero-order valence-corrected chi connectivity index (χ0v) is 37.5. The molecule has 4 heterocycles. The van der Waals surface area contributed by atoms with Gasteiger partial charge in [0.15, 0.2) is 0 Å². The zero-order chi connectivity index (χ0) is 42.1. The molecular formula is C52H62N4O2S2. The number of nitrogens with zero attached hydrogens (tertiary/aromatic N) is 4. The van der Waals surface area contributed by atoms with Gasteiger partial charge in [0.25, 0.3) is 11.8 Å². The minimum Gasteiger partial charge on any atom is -0.306 e. The average molecular weight is 839 g/mol. The van der Waals surface area contributed by atoms with Crippen molar-refractivity contribution < 1.29 is 9.59 Å². The summed E-state index contributed by atoms with van der Waals surface area (Å²) in [5.74, 6) is -0.155. The van der Waals surface area contributed by atoms with Crippen LogP contribution in [-0.2, 0) is 9.59 Å². The van der Waals surface area contributed by atoms with Crippen LogP contribution in [0.15, 0.2) is 83.9 Å². The summed E-state index contributed by atoms with van der Waals surface area (Å²) in [5, 5.41) is 18.8. The van der Waals surface area contributed by atoms with E-state index in [0.29, 0.717) is 35.4 Å². The predicted octanol–water partition coefficient (Wildman–Crippen LogP) is 14.5. The summed E-state index contributed by atoms with van der Waals surface area (Å²) in [5.41, 5.74) is 5.80. The molecule has 0 spiro atoms. The summed E-state index contributed by atoms with van der Waals surface area (Å²) in [6.45, 7) is 5.65. The quantitative estimate of drug-likeness (QED) is 0.0589. The third kappa shape index (κ3) is 11.3. The highest BCUT2D eigenvalue weighted by Gasteiger charge is 2.49. The lowest BCUT2D eigenvalue weighted by atomic mass is 10.1. The van der Waals surface area contributed by atoms with Crippen LogP contribution in [0.4, 0.5) is 0 Å². The molecule has 0 saturated carbocycles. The maximum absolute atomic E-state index is 15.0. The highest BCUT2D eigenvalue weighted by molar-refractivity contribution is 7.17. The molecule has 4 aromatic rings. The Morgan fingerprint density at radius 1 is 0.417 bits per heavy atom. The van der Waals surface area contributed by atoms with Crippen LogP contribution in [0.5, 0.6) is 0 Å². The molecule has 2 aliphatic rings. The van der Waals surface area contributed by atoms with Crippen molar-refractivity contribution in [3.63, 3.8) is 0 Å². The van der Waals surface area contributed by atoms with Crippen LogP contribution in [0.3, 0.4) is 0 Å². The number of nitriles is 2. The van der Waals surface area contributed by atoms with Gasteiger partial charge in [0.05, 0.1) is 55.6 Å². The average Bonchev–Trinajstić information content (AvgIpc) is 4.08. The van der Waals surface area contributed by atoms with E-state index in [-0.39, 0.29) is 11.8 Å². The Morgan fingerprint density at radius 2 is 0.717 bits per heavy atom. The zero-order valence-electron chi connectivity index (χ0n) is 35.9. The molecule has 0 fully saturated rings. The fraction of sp³-hybridized carbons (Fsp3) is 0.462. The van der Waals surface area contributed by atoms with Crippen molar-refractivity contribution in [1.29, 1.82) is 10.5 Å². The molecule has 6 rings (SSSR count). The number of hydrogen-bond donors (Lipinski definition) is 0. The molecule has 314 valence electrons. The smallest absolute Gasteiger partial charge is 0.261 e. The molecule has 6 nitrogen and oxygen atoms in total. The summed E-state index contributed by atoms with van der Waals surface area (Å²) in [4.78, 5) is 37.7. The topological polar surface area (TPSA) is 88.2 Å². The molecule has 2 aliphatic heterocycles. The first-order valence-corrected chi connectivity index (χ1v) is 24.5. The number of carbonyl (C=O) groups excluding carboxylic acids is 2. The van der Waals surface area contributed by atoms with Gasteiger partial charge in [-0.1, -0.05) is 154 Å². The van der Waals surface area contributed by atoms with Crippen molar-refractivity contribution in [3.8, 4) is 33.0 Å². The van der Waals surface area contributed by atoms with E-state index in [9.17, 15) is 20.1 Å². The lowest BCUT2D eigenvalue weighted by Gasteiger charge is -2.24. The summed E-state index contributed by atoms with van der Waals surface area (Å²) < 4.78 is 0. The molecule has 0 saturated heterocycles. The van der Waals surface area contributed by atoms with E-state index in [2.05, 4.69) is 50.3 Å². The van der Waals surface area contributed by atoms with E-state index in [1.54, 1.807) is 22.7 Å². The lowest BCUT2D eigenvalue weighted by molar-refractivity contribution is -0.124. The Morgan fingerprint density at radius 3 is 1.03 bits per heavy atom. The number of amides is 2. The van der Waals surface area contributed by atoms with Crippen molar-refractivity contribution in [2.75, 3.05) is 13.1 Å². The van der Waals surface area contributed by atoms with Crippen LogP contribution < -0.4 is 0 Å². The Labute approximate surface area is 367 Å². The first-order chi connectivity index (χ1) is 29.5. The molecule has 0 aliphatic carbocycles. The summed E-state index contributed by atoms with van der Waals surface area (Å²) in [6, 6.07) is 27.9. The summed E-state index contributed by atoms with van der Waals surface area (Å²) >= 11 is 3.20. The van der Waals surface area contributed by atoms with E-state index in [4.69, 9.17) is 0 Å². The molecule has 2 amide bonds. The van der Waals surface area contributed by atoms with Crippen molar-refractivity contribution >= 4 is 45.9 Å². The van der Waals surface area contributed by atoms with Gasteiger partial charge in [-0.05, 0) is 72.5 Å². The van der Waals surface area contributed by atoms with Gasteiger partial charge in [0, 0.05) is 22.8 Å². The number of unbranched alkanes of at least 4 members (excludes halogenated alkanes) is 18. The Hall–Kier alpha value is -4.76. The van der Waals surface area contributed by atoms with Gasteiger partial charge < -0.3 is 9.80 Å². The van der Waals surface area contributed by atoms with Gasteiger partial charge in [0.2, 0.25) is 0 Å². The molecule has 0 atom stereocenters. The van der Waals surface area contributed by atoms with Gasteiger partial charge in [0.1, 0.15) is 0 Å².